The van der Waals surface area contributed by atoms with Crippen LogP contribution in [0.4, 0.5) is 10.1 Å². The zero-order valence-corrected chi connectivity index (χ0v) is 16.9. The first kappa shape index (κ1) is 18.5. The molecule has 0 aliphatic carbocycles. The normalized spacial score (nSPS) is 12.9. The Kier molecular flexibility index (Phi) is 4.55. The van der Waals surface area contributed by atoms with Gasteiger partial charge in [-0.3, -0.25) is 9.48 Å². The molecule has 4 aromatic rings. The molecular weight excluding hydrogens is 403 g/mol. The number of ether oxygens (including phenoxy) is 1. The Labute approximate surface area is 176 Å². The minimum atomic E-state index is -0.295. The largest absolute Gasteiger partial charge is 0.482 e. The lowest BCUT2D eigenvalue weighted by Gasteiger charge is -2.19. The highest BCUT2D eigenvalue weighted by Crippen LogP contribution is 2.39. The number of amides is 1. The zero-order valence-electron chi connectivity index (χ0n) is 16.1. The average Bonchev–Trinajstić information content (AvgIpc) is 3.36. The molecule has 150 valence electrons. The summed E-state index contributed by atoms with van der Waals surface area (Å²) >= 11 is 1.53. The van der Waals surface area contributed by atoms with E-state index in [2.05, 4.69) is 10.3 Å². The van der Waals surface area contributed by atoms with E-state index < -0.39 is 0 Å². The van der Waals surface area contributed by atoms with E-state index in [1.54, 1.807) is 17.6 Å². The van der Waals surface area contributed by atoms with Gasteiger partial charge in [-0.15, -0.1) is 11.3 Å². The van der Waals surface area contributed by atoms with Crippen molar-refractivity contribution in [1.82, 2.24) is 14.8 Å². The first-order chi connectivity index (χ1) is 14.6. The van der Waals surface area contributed by atoms with Crippen molar-refractivity contribution < 1.29 is 13.9 Å². The fourth-order valence-electron chi connectivity index (χ4n) is 3.65. The molecule has 0 fully saturated rings. The number of benzene rings is 2. The van der Waals surface area contributed by atoms with Crippen molar-refractivity contribution in [2.24, 2.45) is 0 Å². The highest BCUT2D eigenvalue weighted by atomic mass is 32.1. The number of aryl methyl sites for hydroxylation is 1. The van der Waals surface area contributed by atoms with E-state index in [4.69, 9.17) is 9.84 Å². The van der Waals surface area contributed by atoms with Crippen LogP contribution in [0, 0.1) is 12.7 Å². The molecule has 2 aromatic carbocycles. The maximum atomic E-state index is 13.6. The van der Waals surface area contributed by atoms with Gasteiger partial charge in [0.1, 0.15) is 11.6 Å². The maximum absolute atomic E-state index is 13.6. The second kappa shape index (κ2) is 7.38. The van der Waals surface area contributed by atoms with Crippen LogP contribution < -0.4 is 10.1 Å². The molecule has 6 nitrogen and oxygen atoms in total. The number of nitrogens with one attached hydrogen (secondary N) is 1. The third kappa shape index (κ3) is 3.35. The van der Waals surface area contributed by atoms with Gasteiger partial charge in [-0.2, -0.15) is 5.10 Å². The van der Waals surface area contributed by atoms with E-state index in [1.165, 1.54) is 23.5 Å². The molecule has 1 aliphatic heterocycles. The molecule has 0 spiro atoms. The minimum Gasteiger partial charge on any atom is -0.482 e. The number of nitrogens with zero attached hydrogens (tertiary/aromatic N) is 3. The van der Waals surface area contributed by atoms with Crippen molar-refractivity contribution in [2.75, 3.05) is 11.9 Å². The maximum Gasteiger partial charge on any atom is 0.262 e. The molecule has 2 aromatic heterocycles. The molecule has 0 unspecified atom stereocenters. The summed E-state index contributed by atoms with van der Waals surface area (Å²) in [5.41, 5.74) is 7.66. The summed E-state index contributed by atoms with van der Waals surface area (Å²) in [6.45, 7) is 2.45. The van der Waals surface area contributed by atoms with Crippen molar-refractivity contribution >= 4 is 22.9 Å². The number of fused-ring (bicyclic) bond motifs is 1. The molecular formula is C22H17FN4O2S. The van der Waals surface area contributed by atoms with Crippen LogP contribution in [-0.4, -0.2) is 27.3 Å². The molecule has 0 atom stereocenters. The van der Waals surface area contributed by atoms with Gasteiger partial charge in [0.25, 0.3) is 5.91 Å². The van der Waals surface area contributed by atoms with Crippen LogP contribution in [0.1, 0.15) is 11.4 Å². The van der Waals surface area contributed by atoms with Crippen LogP contribution in [-0.2, 0) is 11.3 Å². The average molecular weight is 420 g/mol. The number of halogens is 1. The Morgan fingerprint density at radius 3 is 2.77 bits per heavy atom. The van der Waals surface area contributed by atoms with E-state index >= 15 is 0 Å². The highest BCUT2D eigenvalue weighted by Gasteiger charge is 2.22. The van der Waals surface area contributed by atoms with Crippen LogP contribution in [0.3, 0.4) is 0 Å². The SMILES string of the molecule is Cc1nn(Cc2cscn2)c(-c2ccc(F)cc2)c1-c1ccc2c(c1)NC(=O)CO2. The summed E-state index contributed by atoms with van der Waals surface area (Å²) in [6, 6.07) is 12.0. The van der Waals surface area contributed by atoms with Crippen LogP contribution in [0.2, 0.25) is 0 Å². The van der Waals surface area contributed by atoms with E-state index in [9.17, 15) is 9.18 Å². The highest BCUT2D eigenvalue weighted by molar-refractivity contribution is 7.07. The molecule has 1 N–H and O–H groups in total. The van der Waals surface area contributed by atoms with Crippen molar-refractivity contribution in [3.63, 3.8) is 0 Å². The molecule has 0 saturated heterocycles. The third-order valence-electron chi connectivity index (χ3n) is 4.94. The summed E-state index contributed by atoms with van der Waals surface area (Å²) in [5, 5.41) is 9.59. The molecule has 1 amide bonds. The number of carbonyl (C=O) groups excluding carboxylic acids is 1. The van der Waals surface area contributed by atoms with Gasteiger partial charge < -0.3 is 10.1 Å². The predicted octanol–water partition coefficient (Wildman–Crippen LogP) is 4.50. The van der Waals surface area contributed by atoms with Gasteiger partial charge in [0.2, 0.25) is 0 Å². The van der Waals surface area contributed by atoms with Gasteiger partial charge in [0.05, 0.1) is 34.8 Å². The first-order valence-electron chi connectivity index (χ1n) is 9.36. The number of thiazole rings is 1. The van der Waals surface area contributed by atoms with Gasteiger partial charge in [-0.1, -0.05) is 6.07 Å². The molecule has 0 bridgehead atoms. The minimum absolute atomic E-state index is 0.0117. The molecule has 3 heterocycles. The van der Waals surface area contributed by atoms with Crippen molar-refractivity contribution in [3.8, 4) is 28.1 Å². The van der Waals surface area contributed by atoms with Gasteiger partial charge in [0.15, 0.2) is 6.61 Å². The summed E-state index contributed by atoms with van der Waals surface area (Å²) < 4.78 is 20.9. The standard InChI is InChI=1S/C22H17FN4O2S/c1-13-21(15-4-7-19-18(8-15)25-20(28)10-29-19)22(14-2-5-16(23)6-3-14)27(26-13)9-17-11-30-12-24-17/h2-8,11-12H,9-10H2,1H3,(H,25,28). The lowest BCUT2D eigenvalue weighted by molar-refractivity contribution is -0.118. The summed E-state index contributed by atoms with van der Waals surface area (Å²) in [5.74, 6) is 0.153. The zero-order chi connectivity index (χ0) is 20.7. The van der Waals surface area contributed by atoms with Crippen molar-refractivity contribution in [1.29, 1.82) is 0 Å². The van der Waals surface area contributed by atoms with Crippen molar-refractivity contribution in [3.05, 3.63) is 70.6 Å². The Balaban J connectivity index is 1.68. The number of hydrogen-bond acceptors (Lipinski definition) is 5. The molecule has 5 rings (SSSR count). The number of hydrogen-bond donors (Lipinski definition) is 1. The van der Waals surface area contributed by atoms with Gasteiger partial charge >= 0.3 is 0 Å². The lowest BCUT2D eigenvalue weighted by Crippen LogP contribution is -2.25. The number of rotatable bonds is 4. The monoisotopic (exact) mass is 420 g/mol. The predicted molar refractivity (Wildman–Crippen MR) is 113 cm³/mol. The summed E-state index contributed by atoms with van der Waals surface area (Å²) in [4.78, 5) is 16.1. The van der Waals surface area contributed by atoms with Gasteiger partial charge in [-0.05, 0) is 48.9 Å². The Hall–Kier alpha value is -3.52. The first-order valence-corrected chi connectivity index (χ1v) is 10.3. The summed E-state index contributed by atoms with van der Waals surface area (Å²) in [7, 11) is 0. The topological polar surface area (TPSA) is 69.0 Å². The Morgan fingerprint density at radius 2 is 2.00 bits per heavy atom. The van der Waals surface area contributed by atoms with Crippen LogP contribution in [0.15, 0.2) is 53.4 Å². The van der Waals surface area contributed by atoms with Crippen LogP contribution in [0.25, 0.3) is 22.4 Å². The van der Waals surface area contributed by atoms with E-state index in [0.29, 0.717) is 18.0 Å². The quantitative estimate of drug-likeness (QED) is 0.528. The van der Waals surface area contributed by atoms with E-state index in [1.807, 2.05) is 35.2 Å². The Morgan fingerprint density at radius 1 is 1.20 bits per heavy atom. The smallest absolute Gasteiger partial charge is 0.262 e. The second-order valence-corrected chi connectivity index (χ2v) is 7.72. The summed E-state index contributed by atoms with van der Waals surface area (Å²) in [6.07, 6.45) is 0. The van der Waals surface area contributed by atoms with E-state index in [-0.39, 0.29) is 18.3 Å². The van der Waals surface area contributed by atoms with Crippen LogP contribution >= 0.6 is 11.3 Å². The molecule has 0 radical (unpaired) electrons. The molecule has 1 aliphatic rings. The van der Waals surface area contributed by atoms with E-state index in [0.717, 1.165) is 33.8 Å². The van der Waals surface area contributed by atoms with Crippen molar-refractivity contribution in [2.45, 2.75) is 13.5 Å². The molecule has 8 heteroatoms. The second-order valence-electron chi connectivity index (χ2n) is 7.00. The fourth-order valence-corrected chi connectivity index (χ4v) is 4.20. The molecule has 30 heavy (non-hydrogen) atoms. The number of aromatic nitrogens is 3. The van der Waals surface area contributed by atoms with Crippen LogP contribution in [0.5, 0.6) is 5.75 Å². The number of carbonyl (C=O) groups is 1. The number of anilines is 1. The van der Waals surface area contributed by atoms with Gasteiger partial charge in [-0.25, -0.2) is 9.37 Å². The fraction of sp³-hybridized carbons (Fsp3) is 0.136. The molecule has 0 saturated carbocycles. The Bertz CT molecular complexity index is 1230. The lowest BCUT2D eigenvalue weighted by atomic mass is 9.98. The third-order valence-corrected chi connectivity index (χ3v) is 5.58. The van der Waals surface area contributed by atoms with Gasteiger partial charge in [0, 0.05) is 16.5 Å².